The van der Waals surface area contributed by atoms with Crippen LogP contribution in [0.4, 0.5) is 13.2 Å². The number of hydrogen-bond donors (Lipinski definition) is 4. The first-order valence-corrected chi connectivity index (χ1v) is 12.9. The summed E-state index contributed by atoms with van der Waals surface area (Å²) in [6.07, 6.45) is 0.783. The monoisotopic (exact) mass is 580 g/mol. The Kier molecular flexibility index (Phi) is 12.9. The number of hydrogen-bond acceptors (Lipinski definition) is 6. The van der Waals surface area contributed by atoms with E-state index in [1.165, 1.54) is 13.5 Å². The normalized spacial score (nSPS) is 14.6. The predicted octanol–water partition coefficient (Wildman–Crippen LogP) is 3.37. The highest BCUT2D eigenvalue weighted by Gasteiger charge is 2.38. The lowest BCUT2D eigenvalue weighted by Gasteiger charge is -2.24. The van der Waals surface area contributed by atoms with E-state index < -0.39 is 18.2 Å². The third kappa shape index (κ3) is 11.8. The van der Waals surface area contributed by atoms with Crippen molar-refractivity contribution in [3.8, 4) is 11.5 Å². The Bertz CT molecular complexity index is 1190. The van der Waals surface area contributed by atoms with Crippen LogP contribution in [0.15, 0.2) is 53.5 Å². The molecule has 0 saturated heterocycles. The number of nitrogens with one attached hydrogen (secondary N) is 2. The van der Waals surface area contributed by atoms with Crippen molar-refractivity contribution < 1.29 is 42.1 Å². The molecule has 1 saturated carbocycles. The van der Waals surface area contributed by atoms with Gasteiger partial charge in [0.15, 0.2) is 17.5 Å². The highest BCUT2D eigenvalue weighted by molar-refractivity contribution is 5.98. The third-order valence-electron chi connectivity index (χ3n) is 6.14. The molecule has 1 aliphatic rings. The van der Waals surface area contributed by atoms with E-state index in [2.05, 4.69) is 15.6 Å². The van der Waals surface area contributed by atoms with Crippen LogP contribution in [-0.2, 0) is 27.2 Å². The summed E-state index contributed by atoms with van der Waals surface area (Å²) in [5.41, 5.74) is 7.76. The molecular weight excluding hydrogens is 545 g/mol. The van der Waals surface area contributed by atoms with E-state index in [1.807, 2.05) is 30.3 Å². The summed E-state index contributed by atoms with van der Waals surface area (Å²) in [5, 5.41) is 12.9. The van der Waals surface area contributed by atoms with Crippen LogP contribution in [0.25, 0.3) is 0 Å². The summed E-state index contributed by atoms with van der Waals surface area (Å²) >= 11 is 0. The molecule has 0 heterocycles. The lowest BCUT2D eigenvalue weighted by Crippen LogP contribution is -2.45. The average Bonchev–Trinajstić information content (AvgIpc) is 2.93. The van der Waals surface area contributed by atoms with Crippen molar-refractivity contribution in [3.63, 3.8) is 0 Å². The number of amides is 2. The molecule has 2 aromatic carbocycles. The van der Waals surface area contributed by atoms with Gasteiger partial charge in [-0.1, -0.05) is 55.7 Å². The maximum Gasteiger partial charge on any atom is 0.490 e. The molecule has 0 spiro atoms. The van der Waals surface area contributed by atoms with E-state index in [-0.39, 0.29) is 30.2 Å². The second kappa shape index (κ2) is 16.1. The number of alkyl halides is 3. The SMILES string of the molecule is COc1ccc(CC(=O)NC(N)=NC(Cc2ccccc2)C(=O)NC2CCCCC2)cc1OC.O=C(O)C(F)(F)F. The number of carboxylic acid groups (broad SMARTS) is 1. The summed E-state index contributed by atoms with van der Waals surface area (Å²) in [7, 11) is 3.09. The minimum atomic E-state index is -5.08. The van der Waals surface area contributed by atoms with Crippen molar-refractivity contribution in [2.45, 2.75) is 63.2 Å². The van der Waals surface area contributed by atoms with Gasteiger partial charge in [-0.05, 0) is 36.1 Å². The number of aliphatic imine (C=N–C) groups is 1. The van der Waals surface area contributed by atoms with Crippen LogP contribution in [-0.4, -0.2) is 61.3 Å². The minimum absolute atomic E-state index is 0.0776. The molecule has 5 N–H and O–H groups in total. The van der Waals surface area contributed by atoms with E-state index in [0.29, 0.717) is 17.9 Å². The van der Waals surface area contributed by atoms with Gasteiger partial charge in [0.25, 0.3) is 0 Å². The van der Waals surface area contributed by atoms with Crippen LogP contribution < -0.4 is 25.8 Å². The number of rotatable bonds is 9. The Morgan fingerprint density at radius 2 is 1.61 bits per heavy atom. The summed E-state index contributed by atoms with van der Waals surface area (Å²) < 4.78 is 42.3. The summed E-state index contributed by atoms with van der Waals surface area (Å²) in [5.74, 6) is -2.22. The number of ether oxygens (including phenoxy) is 2. The zero-order valence-electron chi connectivity index (χ0n) is 22.9. The molecule has 1 fully saturated rings. The van der Waals surface area contributed by atoms with E-state index in [9.17, 15) is 22.8 Å². The number of nitrogens with two attached hydrogens (primary N) is 1. The van der Waals surface area contributed by atoms with Crippen LogP contribution in [0, 0.1) is 0 Å². The molecule has 13 heteroatoms. The number of nitrogens with zero attached hydrogens (tertiary/aromatic N) is 1. The zero-order chi connectivity index (χ0) is 30.4. The van der Waals surface area contributed by atoms with Crippen molar-refractivity contribution in [1.82, 2.24) is 10.6 Å². The number of guanidine groups is 1. The number of halogens is 3. The van der Waals surface area contributed by atoms with Gasteiger partial charge < -0.3 is 25.6 Å². The first-order valence-electron chi connectivity index (χ1n) is 12.9. The first kappa shape index (κ1) is 32.9. The fourth-order valence-corrected chi connectivity index (χ4v) is 4.14. The van der Waals surface area contributed by atoms with Crippen LogP contribution in [0.1, 0.15) is 43.2 Å². The smallest absolute Gasteiger partial charge is 0.490 e. The molecule has 224 valence electrons. The fourth-order valence-electron chi connectivity index (χ4n) is 4.14. The summed E-state index contributed by atoms with van der Waals surface area (Å²) in [6.45, 7) is 0. The van der Waals surface area contributed by atoms with E-state index in [4.69, 9.17) is 25.1 Å². The van der Waals surface area contributed by atoms with Gasteiger partial charge in [0, 0.05) is 12.5 Å². The number of carboxylic acids is 1. The molecule has 0 bridgehead atoms. The maximum absolute atomic E-state index is 13.0. The molecule has 3 rings (SSSR count). The number of carbonyl (C=O) groups is 3. The summed E-state index contributed by atoms with van der Waals surface area (Å²) in [6, 6.07) is 14.3. The van der Waals surface area contributed by atoms with Gasteiger partial charge in [-0.3, -0.25) is 14.9 Å². The van der Waals surface area contributed by atoms with Gasteiger partial charge in [-0.2, -0.15) is 13.2 Å². The molecule has 0 aliphatic heterocycles. The Hall–Kier alpha value is -4.29. The van der Waals surface area contributed by atoms with Gasteiger partial charge in [-0.25, -0.2) is 9.79 Å². The Morgan fingerprint density at radius 3 is 2.17 bits per heavy atom. The number of carbonyl (C=O) groups excluding carboxylic acids is 2. The van der Waals surface area contributed by atoms with E-state index in [1.54, 1.807) is 25.3 Å². The molecule has 41 heavy (non-hydrogen) atoms. The number of benzene rings is 2. The lowest BCUT2D eigenvalue weighted by atomic mass is 9.95. The highest BCUT2D eigenvalue weighted by atomic mass is 19.4. The molecule has 10 nitrogen and oxygen atoms in total. The van der Waals surface area contributed by atoms with Crippen molar-refractivity contribution in [3.05, 3.63) is 59.7 Å². The molecule has 0 radical (unpaired) electrons. The van der Waals surface area contributed by atoms with Gasteiger partial charge in [0.1, 0.15) is 6.04 Å². The van der Waals surface area contributed by atoms with E-state index >= 15 is 0 Å². The second-order valence-electron chi connectivity index (χ2n) is 9.28. The predicted molar refractivity (Wildman–Crippen MR) is 146 cm³/mol. The molecule has 0 aromatic heterocycles. The van der Waals surface area contributed by atoms with Crippen LogP contribution >= 0.6 is 0 Å². The fraction of sp³-hybridized carbons (Fsp3) is 0.429. The van der Waals surface area contributed by atoms with Crippen molar-refractivity contribution in [1.29, 1.82) is 0 Å². The lowest BCUT2D eigenvalue weighted by molar-refractivity contribution is -0.192. The molecule has 2 amide bonds. The highest BCUT2D eigenvalue weighted by Crippen LogP contribution is 2.27. The van der Waals surface area contributed by atoms with E-state index in [0.717, 1.165) is 36.8 Å². The summed E-state index contributed by atoms with van der Waals surface area (Å²) in [4.78, 5) is 38.9. The molecule has 1 atom stereocenters. The first-order chi connectivity index (χ1) is 19.4. The van der Waals surface area contributed by atoms with Crippen molar-refractivity contribution >= 4 is 23.7 Å². The van der Waals surface area contributed by atoms with Gasteiger partial charge in [0.2, 0.25) is 11.8 Å². The topological polar surface area (TPSA) is 152 Å². The molecule has 1 unspecified atom stereocenters. The largest absolute Gasteiger partial charge is 0.493 e. The van der Waals surface area contributed by atoms with Crippen LogP contribution in [0.3, 0.4) is 0 Å². The quantitative estimate of drug-likeness (QED) is 0.262. The number of aliphatic carboxylic acids is 1. The van der Waals surface area contributed by atoms with Gasteiger partial charge in [0.05, 0.1) is 20.6 Å². The second-order valence-corrected chi connectivity index (χ2v) is 9.28. The van der Waals surface area contributed by atoms with Gasteiger partial charge >= 0.3 is 12.1 Å². The Labute approximate surface area is 236 Å². The van der Waals surface area contributed by atoms with Crippen molar-refractivity contribution in [2.75, 3.05) is 14.2 Å². The molecule has 2 aromatic rings. The molecule has 1 aliphatic carbocycles. The Balaban J connectivity index is 0.000000745. The third-order valence-corrected chi connectivity index (χ3v) is 6.14. The molecular formula is C28H35F3N4O6. The zero-order valence-corrected chi connectivity index (χ0v) is 22.9. The standard InChI is InChI=1S/C26H34N4O4.C2HF3O2/c1-33-22-14-13-19(16-23(22)34-2)17-24(31)30-26(27)29-21(15-18-9-5-3-6-10-18)25(32)28-20-11-7-4-8-12-20;3-2(4,5)1(6)7/h3,5-6,9-10,13-14,16,20-21H,4,7-8,11-12,15,17H2,1-2H3,(H,28,32)(H3,27,29,30,31);(H,6,7). The number of methoxy groups -OCH3 is 2. The van der Waals surface area contributed by atoms with Crippen LogP contribution in [0.5, 0.6) is 11.5 Å². The van der Waals surface area contributed by atoms with Gasteiger partial charge in [-0.15, -0.1) is 0 Å². The Morgan fingerprint density at radius 1 is 1.00 bits per heavy atom. The maximum atomic E-state index is 13.0. The van der Waals surface area contributed by atoms with Crippen LogP contribution in [0.2, 0.25) is 0 Å². The average molecular weight is 581 g/mol. The van der Waals surface area contributed by atoms with Crippen molar-refractivity contribution in [2.24, 2.45) is 10.7 Å². The minimum Gasteiger partial charge on any atom is -0.493 e.